The third kappa shape index (κ3) is 3.24. The number of rotatable bonds is 4. The van der Waals surface area contributed by atoms with Crippen molar-refractivity contribution in [3.05, 3.63) is 45.9 Å². The number of thiazole rings is 1. The lowest BCUT2D eigenvalue weighted by molar-refractivity contribution is -0.126. The molecule has 1 N–H and O–H groups in total. The van der Waals surface area contributed by atoms with E-state index < -0.39 is 0 Å². The van der Waals surface area contributed by atoms with Crippen LogP contribution in [-0.2, 0) is 24.2 Å². The van der Waals surface area contributed by atoms with Crippen molar-refractivity contribution >= 4 is 17.2 Å². The number of amides is 1. The van der Waals surface area contributed by atoms with Crippen LogP contribution in [0.15, 0.2) is 29.6 Å². The Morgan fingerprint density at radius 1 is 1.48 bits per heavy atom. The molecule has 21 heavy (non-hydrogen) atoms. The van der Waals surface area contributed by atoms with Gasteiger partial charge in [0.05, 0.1) is 23.2 Å². The number of fused-ring (bicyclic) bond motifs is 1. The van der Waals surface area contributed by atoms with Crippen molar-refractivity contribution in [3.63, 3.8) is 0 Å². The smallest absolute Gasteiger partial charge is 0.227 e. The first-order valence-corrected chi connectivity index (χ1v) is 8.06. The zero-order valence-corrected chi connectivity index (χ0v) is 12.8. The van der Waals surface area contributed by atoms with E-state index in [9.17, 15) is 4.79 Å². The average Bonchev–Trinajstić information content (AvgIpc) is 3.00. The highest BCUT2D eigenvalue weighted by Gasteiger charge is 2.25. The van der Waals surface area contributed by atoms with Crippen LogP contribution in [-0.4, -0.2) is 17.5 Å². The van der Waals surface area contributed by atoms with Crippen molar-refractivity contribution in [1.29, 1.82) is 0 Å². The van der Waals surface area contributed by atoms with Gasteiger partial charge in [-0.2, -0.15) is 0 Å². The Morgan fingerprint density at radius 2 is 2.33 bits per heavy atom. The molecule has 1 atom stereocenters. The van der Waals surface area contributed by atoms with Gasteiger partial charge >= 0.3 is 0 Å². The molecule has 1 aliphatic heterocycles. The molecule has 110 valence electrons. The number of aryl methyl sites for hydroxylation is 1. The second-order valence-corrected chi connectivity index (χ2v) is 6.07. The summed E-state index contributed by atoms with van der Waals surface area (Å²) in [7, 11) is 0. The minimum absolute atomic E-state index is 0.0375. The van der Waals surface area contributed by atoms with Crippen molar-refractivity contribution in [3.8, 4) is 5.75 Å². The van der Waals surface area contributed by atoms with Crippen LogP contribution in [0, 0.1) is 5.92 Å². The van der Waals surface area contributed by atoms with Crippen molar-refractivity contribution in [1.82, 2.24) is 10.3 Å². The van der Waals surface area contributed by atoms with E-state index in [2.05, 4.69) is 17.2 Å². The van der Waals surface area contributed by atoms with Crippen LogP contribution in [0.3, 0.4) is 0 Å². The molecular weight excluding hydrogens is 284 g/mol. The van der Waals surface area contributed by atoms with Gasteiger partial charge in [-0.25, -0.2) is 4.98 Å². The van der Waals surface area contributed by atoms with Gasteiger partial charge in [0, 0.05) is 5.38 Å². The van der Waals surface area contributed by atoms with Crippen LogP contribution in [0.5, 0.6) is 5.75 Å². The fourth-order valence-electron chi connectivity index (χ4n) is 2.41. The number of carbonyl (C=O) groups is 1. The lowest BCUT2D eigenvalue weighted by Gasteiger charge is -2.24. The van der Waals surface area contributed by atoms with Crippen LogP contribution in [0.4, 0.5) is 0 Å². The Kier molecular flexibility index (Phi) is 4.20. The molecule has 3 rings (SSSR count). The first-order chi connectivity index (χ1) is 10.3. The second-order valence-electron chi connectivity index (χ2n) is 5.12. The first-order valence-electron chi connectivity index (χ1n) is 7.18. The summed E-state index contributed by atoms with van der Waals surface area (Å²) >= 11 is 1.64. The topological polar surface area (TPSA) is 51.2 Å². The lowest BCUT2D eigenvalue weighted by Crippen LogP contribution is -2.37. The molecule has 0 saturated heterocycles. The van der Waals surface area contributed by atoms with E-state index in [-0.39, 0.29) is 11.8 Å². The molecule has 1 amide bonds. The molecule has 1 aromatic carbocycles. The summed E-state index contributed by atoms with van der Waals surface area (Å²) in [6.45, 7) is 3.02. The Hall–Kier alpha value is -1.88. The molecule has 2 aromatic rings. The van der Waals surface area contributed by atoms with Crippen LogP contribution >= 0.6 is 11.3 Å². The number of para-hydroxylation sites is 1. The lowest BCUT2D eigenvalue weighted by atomic mass is 9.96. The van der Waals surface area contributed by atoms with E-state index in [1.165, 1.54) is 0 Å². The second kappa shape index (κ2) is 6.26. The highest BCUT2D eigenvalue weighted by atomic mass is 32.1. The first kappa shape index (κ1) is 14.1. The average molecular weight is 302 g/mol. The van der Waals surface area contributed by atoms with Crippen LogP contribution in [0.2, 0.25) is 0 Å². The van der Waals surface area contributed by atoms with Gasteiger partial charge in [-0.3, -0.25) is 4.79 Å². The van der Waals surface area contributed by atoms with Gasteiger partial charge in [-0.05, 0) is 24.5 Å². The molecule has 0 fully saturated rings. The molecule has 0 saturated carbocycles. The fraction of sp³-hybridized carbons (Fsp3) is 0.375. The van der Waals surface area contributed by atoms with E-state index in [1.807, 2.05) is 29.6 Å². The Balaban J connectivity index is 1.57. The van der Waals surface area contributed by atoms with Gasteiger partial charge in [-0.1, -0.05) is 25.1 Å². The summed E-state index contributed by atoms with van der Waals surface area (Å²) < 4.78 is 5.66. The SMILES string of the molecule is CCc1nc(CNC(=O)[C@@H]2COc3ccccc3C2)cs1. The summed E-state index contributed by atoms with van der Waals surface area (Å²) in [5.41, 5.74) is 2.04. The van der Waals surface area contributed by atoms with Crippen molar-refractivity contribution in [2.45, 2.75) is 26.3 Å². The number of nitrogens with one attached hydrogen (secondary N) is 1. The molecule has 0 unspecified atom stereocenters. The summed E-state index contributed by atoms with van der Waals surface area (Å²) in [6, 6.07) is 7.89. The molecule has 1 aromatic heterocycles. The van der Waals surface area contributed by atoms with Crippen molar-refractivity contribution in [2.75, 3.05) is 6.61 Å². The molecule has 4 nitrogen and oxygen atoms in total. The summed E-state index contributed by atoms with van der Waals surface area (Å²) in [5.74, 6) is 0.813. The maximum atomic E-state index is 12.2. The highest BCUT2D eigenvalue weighted by molar-refractivity contribution is 7.09. The number of ether oxygens (including phenoxy) is 1. The van der Waals surface area contributed by atoms with Gasteiger partial charge in [0.25, 0.3) is 0 Å². The third-order valence-electron chi connectivity index (χ3n) is 3.60. The van der Waals surface area contributed by atoms with Crippen molar-refractivity contribution in [2.24, 2.45) is 5.92 Å². The predicted molar refractivity (Wildman–Crippen MR) is 82.5 cm³/mol. The monoisotopic (exact) mass is 302 g/mol. The van der Waals surface area contributed by atoms with Gasteiger partial charge in [0.2, 0.25) is 5.91 Å². The van der Waals surface area contributed by atoms with Gasteiger partial charge in [-0.15, -0.1) is 11.3 Å². The van der Waals surface area contributed by atoms with E-state index in [1.54, 1.807) is 11.3 Å². The number of nitrogens with zero attached hydrogens (tertiary/aromatic N) is 1. The normalized spacial score (nSPS) is 16.9. The molecular formula is C16H18N2O2S. The van der Waals surface area contributed by atoms with E-state index in [4.69, 9.17) is 4.74 Å². The van der Waals surface area contributed by atoms with Crippen molar-refractivity contribution < 1.29 is 9.53 Å². The van der Waals surface area contributed by atoms with E-state index in [0.717, 1.165) is 34.9 Å². The molecule has 2 heterocycles. The highest BCUT2D eigenvalue weighted by Crippen LogP contribution is 2.26. The number of carbonyl (C=O) groups excluding carboxylic acids is 1. The Morgan fingerprint density at radius 3 is 3.14 bits per heavy atom. The van der Waals surface area contributed by atoms with Crippen LogP contribution in [0.25, 0.3) is 0 Å². The van der Waals surface area contributed by atoms with Crippen LogP contribution in [0.1, 0.15) is 23.2 Å². The Bertz CT molecular complexity index is 639. The summed E-state index contributed by atoms with van der Waals surface area (Å²) in [6.07, 6.45) is 1.67. The van der Waals surface area contributed by atoms with E-state index in [0.29, 0.717) is 13.2 Å². The van der Waals surface area contributed by atoms with Gasteiger partial charge in [0.1, 0.15) is 12.4 Å². The minimum Gasteiger partial charge on any atom is -0.492 e. The molecule has 0 radical (unpaired) electrons. The number of hydrogen-bond acceptors (Lipinski definition) is 4. The van der Waals surface area contributed by atoms with E-state index >= 15 is 0 Å². The fourth-order valence-corrected chi connectivity index (χ4v) is 3.16. The molecule has 1 aliphatic rings. The standard InChI is InChI=1S/C16H18N2O2S/c1-2-15-18-13(10-21-15)8-17-16(19)12-7-11-5-3-4-6-14(11)20-9-12/h3-6,10,12H,2,7-9H2,1H3,(H,17,19)/t12-/m0/s1. The Labute approximate surface area is 128 Å². The minimum atomic E-state index is -0.121. The van der Waals surface area contributed by atoms with Gasteiger partial charge in [0.15, 0.2) is 0 Å². The molecule has 0 bridgehead atoms. The largest absolute Gasteiger partial charge is 0.492 e. The quantitative estimate of drug-likeness (QED) is 0.944. The maximum Gasteiger partial charge on any atom is 0.227 e. The zero-order chi connectivity index (χ0) is 14.7. The zero-order valence-electron chi connectivity index (χ0n) is 12.0. The number of hydrogen-bond donors (Lipinski definition) is 1. The van der Waals surface area contributed by atoms with Crippen LogP contribution < -0.4 is 10.1 Å². The summed E-state index contributed by atoms with van der Waals surface area (Å²) in [5, 5.41) is 6.07. The van der Waals surface area contributed by atoms with Gasteiger partial charge < -0.3 is 10.1 Å². The third-order valence-corrected chi connectivity index (χ3v) is 4.64. The molecule has 0 aliphatic carbocycles. The summed E-state index contributed by atoms with van der Waals surface area (Å²) in [4.78, 5) is 16.7. The predicted octanol–water partition coefficient (Wildman–Crippen LogP) is 2.57. The number of benzene rings is 1. The molecule has 0 spiro atoms. The maximum absolute atomic E-state index is 12.2. The molecule has 5 heteroatoms. The number of aromatic nitrogens is 1.